The summed E-state index contributed by atoms with van der Waals surface area (Å²) in [4.78, 5) is 30.8. The lowest BCUT2D eigenvalue weighted by Crippen LogP contribution is -2.48. The van der Waals surface area contributed by atoms with Gasteiger partial charge in [0.15, 0.2) is 0 Å². The number of nitrogens with one attached hydrogen (secondary N) is 1. The summed E-state index contributed by atoms with van der Waals surface area (Å²) < 4.78 is 6.35. The maximum absolute atomic E-state index is 13.3. The van der Waals surface area contributed by atoms with E-state index in [1.54, 1.807) is 0 Å². The first-order chi connectivity index (χ1) is 13.7. The SMILES string of the molecule is O=C(c1cc2c([nH]c1=O)CCCC2)N1C[C@@H](c2ccccc2)O[C@@H](C2CC2)C1. The number of amides is 1. The third-order valence-corrected chi connectivity index (χ3v) is 6.30. The van der Waals surface area contributed by atoms with E-state index in [9.17, 15) is 9.59 Å². The lowest BCUT2D eigenvalue weighted by atomic mass is 9.94. The number of rotatable bonds is 3. The quantitative estimate of drug-likeness (QED) is 0.892. The second-order valence-electron chi connectivity index (χ2n) is 8.34. The summed E-state index contributed by atoms with van der Waals surface area (Å²) in [6.07, 6.45) is 6.29. The Morgan fingerprint density at radius 2 is 1.86 bits per heavy atom. The molecule has 1 aromatic carbocycles. The van der Waals surface area contributed by atoms with Crippen molar-refractivity contribution in [1.82, 2.24) is 9.88 Å². The molecule has 1 amide bonds. The Hall–Kier alpha value is -2.40. The van der Waals surface area contributed by atoms with Crippen LogP contribution >= 0.6 is 0 Å². The molecule has 2 fully saturated rings. The number of nitrogens with zero attached hydrogens (tertiary/aromatic N) is 1. The first-order valence-corrected chi connectivity index (χ1v) is 10.4. The van der Waals surface area contributed by atoms with Crippen molar-refractivity contribution in [2.45, 2.75) is 50.7 Å². The Morgan fingerprint density at radius 3 is 2.64 bits per heavy atom. The van der Waals surface area contributed by atoms with Gasteiger partial charge in [-0.15, -0.1) is 0 Å². The predicted octanol–water partition coefficient (Wildman–Crippen LogP) is 3.25. The molecule has 1 N–H and O–H groups in total. The number of carbonyl (C=O) groups excluding carboxylic acids is 1. The molecule has 0 unspecified atom stereocenters. The molecule has 5 nitrogen and oxygen atoms in total. The van der Waals surface area contributed by atoms with Crippen molar-refractivity contribution in [3.63, 3.8) is 0 Å². The number of aromatic amines is 1. The molecule has 1 aliphatic heterocycles. The van der Waals surface area contributed by atoms with Gasteiger partial charge in [-0.2, -0.15) is 0 Å². The van der Waals surface area contributed by atoms with E-state index >= 15 is 0 Å². The molecule has 2 atom stereocenters. The normalized spacial score (nSPS) is 24.6. The standard InChI is InChI=1S/C23H26N2O3/c26-22-18(12-17-8-4-5-9-19(17)24-22)23(27)25-13-20(15-6-2-1-3-7-15)28-21(14-25)16-10-11-16/h1-3,6-7,12,16,20-21H,4-5,8-11,13-14H2,(H,24,26)/t20-,21+/m0/s1. The molecule has 1 saturated carbocycles. The fourth-order valence-electron chi connectivity index (χ4n) is 4.54. The molecule has 5 rings (SSSR count). The molecule has 1 saturated heterocycles. The van der Waals surface area contributed by atoms with Crippen LogP contribution in [0.5, 0.6) is 0 Å². The summed E-state index contributed by atoms with van der Waals surface area (Å²) >= 11 is 0. The topological polar surface area (TPSA) is 62.4 Å². The lowest BCUT2D eigenvalue weighted by Gasteiger charge is -2.38. The monoisotopic (exact) mass is 378 g/mol. The summed E-state index contributed by atoms with van der Waals surface area (Å²) in [7, 11) is 0. The summed E-state index contributed by atoms with van der Waals surface area (Å²) in [6, 6.07) is 11.9. The first kappa shape index (κ1) is 17.7. The number of aromatic nitrogens is 1. The number of ether oxygens (including phenoxy) is 1. The van der Waals surface area contributed by atoms with E-state index < -0.39 is 0 Å². The largest absolute Gasteiger partial charge is 0.366 e. The average Bonchev–Trinajstić information content (AvgIpc) is 3.58. The first-order valence-electron chi connectivity index (χ1n) is 10.4. The summed E-state index contributed by atoms with van der Waals surface area (Å²) in [6.45, 7) is 1.06. The third kappa shape index (κ3) is 3.39. The van der Waals surface area contributed by atoms with Crippen molar-refractivity contribution < 1.29 is 9.53 Å². The van der Waals surface area contributed by atoms with Crippen LogP contribution in [-0.4, -0.2) is 35.0 Å². The minimum Gasteiger partial charge on any atom is -0.366 e. The van der Waals surface area contributed by atoms with Gasteiger partial charge < -0.3 is 14.6 Å². The summed E-state index contributed by atoms with van der Waals surface area (Å²) in [5.41, 5.74) is 3.25. The van der Waals surface area contributed by atoms with Gasteiger partial charge in [0.05, 0.1) is 12.6 Å². The van der Waals surface area contributed by atoms with Gasteiger partial charge in [-0.25, -0.2) is 0 Å². The molecule has 0 bridgehead atoms. The van der Waals surface area contributed by atoms with Crippen LogP contribution in [0.3, 0.4) is 0 Å². The van der Waals surface area contributed by atoms with Gasteiger partial charge in [-0.1, -0.05) is 30.3 Å². The van der Waals surface area contributed by atoms with Gasteiger partial charge >= 0.3 is 0 Å². The number of hydrogen-bond acceptors (Lipinski definition) is 3. The number of aryl methyl sites for hydroxylation is 2. The van der Waals surface area contributed by atoms with Crippen LogP contribution in [0.2, 0.25) is 0 Å². The second-order valence-corrected chi connectivity index (χ2v) is 8.34. The zero-order valence-electron chi connectivity index (χ0n) is 16.0. The molecule has 5 heteroatoms. The van der Waals surface area contributed by atoms with Gasteiger partial charge in [-0.3, -0.25) is 9.59 Å². The maximum Gasteiger partial charge on any atom is 0.261 e. The summed E-state index contributed by atoms with van der Waals surface area (Å²) in [5, 5.41) is 0. The number of carbonyl (C=O) groups is 1. The Balaban J connectivity index is 1.44. The highest BCUT2D eigenvalue weighted by Crippen LogP contribution is 2.39. The third-order valence-electron chi connectivity index (χ3n) is 6.30. The number of morpholine rings is 1. The van der Waals surface area contributed by atoms with Crippen LogP contribution in [0.25, 0.3) is 0 Å². The molecule has 146 valence electrons. The average molecular weight is 378 g/mol. The van der Waals surface area contributed by atoms with Crippen LogP contribution in [-0.2, 0) is 17.6 Å². The zero-order chi connectivity index (χ0) is 19.1. The van der Waals surface area contributed by atoms with E-state index in [2.05, 4.69) is 4.98 Å². The van der Waals surface area contributed by atoms with Crippen molar-refractivity contribution in [2.24, 2.45) is 5.92 Å². The van der Waals surface area contributed by atoms with Crippen molar-refractivity contribution in [1.29, 1.82) is 0 Å². The molecule has 2 aromatic rings. The minimum atomic E-state index is -0.253. The van der Waals surface area contributed by atoms with E-state index in [1.165, 1.54) is 0 Å². The van der Waals surface area contributed by atoms with Crippen LogP contribution < -0.4 is 5.56 Å². The molecule has 28 heavy (non-hydrogen) atoms. The van der Waals surface area contributed by atoms with E-state index in [1.807, 2.05) is 41.3 Å². The van der Waals surface area contributed by atoms with Crippen LogP contribution in [0.1, 0.15) is 59.0 Å². The van der Waals surface area contributed by atoms with Gasteiger partial charge in [0.2, 0.25) is 0 Å². The number of H-pyrrole nitrogens is 1. The van der Waals surface area contributed by atoms with Crippen molar-refractivity contribution >= 4 is 5.91 Å². The highest BCUT2D eigenvalue weighted by molar-refractivity contribution is 5.94. The molecule has 2 aliphatic carbocycles. The van der Waals surface area contributed by atoms with Crippen LogP contribution in [0.4, 0.5) is 0 Å². The van der Waals surface area contributed by atoms with Gasteiger partial charge in [0.1, 0.15) is 11.7 Å². The van der Waals surface area contributed by atoms with Gasteiger partial charge in [0, 0.05) is 12.2 Å². The summed E-state index contributed by atoms with van der Waals surface area (Å²) in [5.74, 6) is 0.369. The highest BCUT2D eigenvalue weighted by Gasteiger charge is 2.40. The van der Waals surface area contributed by atoms with Crippen molar-refractivity contribution in [3.05, 3.63) is 69.1 Å². The highest BCUT2D eigenvalue weighted by atomic mass is 16.5. The van der Waals surface area contributed by atoms with Crippen molar-refractivity contribution in [2.75, 3.05) is 13.1 Å². The Labute approximate surface area is 164 Å². The van der Waals surface area contributed by atoms with E-state index in [-0.39, 0.29) is 29.2 Å². The molecular formula is C23H26N2O3. The molecule has 1 aromatic heterocycles. The number of hydrogen-bond donors (Lipinski definition) is 1. The smallest absolute Gasteiger partial charge is 0.261 e. The van der Waals surface area contributed by atoms with Crippen molar-refractivity contribution in [3.8, 4) is 0 Å². The van der Waals surface area contributed by atoms with Gasteiger partial charge in [0.25, 0.3) is 11.5 Å². The van der Waals surface area contributed by atoms with E-state index in [4.69, 9.17) is 4.74 Å². The van der Waals surface area contributed by atoms with E-state index in [0.29, 0.717) is 19.0 Å². The molecule has 0 radical (unpaired) electrons. The van der Waals surface area contributed by atoms with E-state index in [0.717, 1.165) is 55.3 Å². The molecule has 2 heterocycles. The van der Waals surface area contributed by atoms with Crippen LogP contribution in [0, 0.1) is 5.92 Å². The lowest BCUT2D eigenvalue weighted by molar-refractivity contribution is -0.0864. The molecule has 0 spiro atoms. The maximum atomic E-state index is 13.3. The molecule has 3 aliphatic rings. The fourth-order valence-corrected chi connectivity index (χ4v) is 4.54. The fraction of sp³-hybridized carbons (Fsp3) is 0.478. The molecular weight excluding hydrogens is 352 g/mol. The van der Waals surface area contributed by atoms with Gasteiger partial charge in [-0.05, 0) is 61.6 Å². The number of pyridine rings is 1. The minimum absolute atomic E-state index is 0.0552. The Kier molecular flexibility index (Phi) is 4.55. The zero-order valence-corrected chi connectivity index (χ0v) is 16.0. The number of benzene rings is 1. The Morgan fingerprint density at radius 1 is 1.07 bits per heavy atom. The Bertz CT molecular complexity index is 933. The van der Waals surface area contributed by atoms with Crippen LogP contribution in [0.15, 0.2) is 41.2 Å². The predicted molar refractivity (Wildman–Crippen MR) is 106 cm³/mol. The number of fused-ring (bicyclic) bond motifs is 1. The second kappa shape index (κ2) is 7.21.